The first kappa shape index (κ1) is 15.4. The first-order valence-electron chi connectivity index (χ1n) is 5.97. The number of aromatic nitrogens is 3. The minimum Gasteiger partial charge on any atom is -0.251 e. The van der Waals surface area contributed by atoms with Gasteiger partial charge in [-0.15, -0.1) is 0 Å². The monoisotopic (exact) mass is 325 g/mol. The fourth-order valence-electron chi connectivity index (χ4n) is 1.76. The van der Waals surface area contributed by atoms with Gasteiger partial charge in [-0.1, -0.05) is 11.6 Å². The molecular formula is C12H12ClN5O2S. The largest absolute Gasteiger partial charge is 0.251 e. The van der Waals surface area contributed by atoms with Gasteiger partial charge in [-0.05, 0) is 25.1 Å². The van der Waals surface area contributed by atoms with Gasteiger partial charge < -0.3 is 0 Å². The van der Waals surface area contributed by atoms with E-state index in [1.54, 1.807) is 6.92 Å². The van der Waals surface area contributed by atoms with Gasteiger partial charge in [-0.3, -0.25) is 4.68 Å². The summed E-state index contributed by atoms with van der Waals surface area (Å²) < 4.78 is 28.6. The summed E-state index contributed by atoms with van der Waals surface area (Å²) in [6.07, 6.45) is 2.87. The summed E-state index contributed by atoms with van der Waals surface area (Å²) in [5.74, 6) is 0. The molecular weight excluding hydrogens is 314 g/mol. The molecule has 1 N–H and O–H groups in total. The highest BCUT2D eigenvalue weighted by molar-refractivity contribution is 7.89. The van der Waals surface area contributed by atoms with Gasteiger partial charge in [0, 0.05) is 6.04 Å². The van der Waals surface area contributed by atoms with Crippen LogP contribution in [0.5, 0.6) is 0 Å². The van der Waals surface area contributed by atoms with E-state index in [4.69, 9.17) is 16.9 Å². The Bertz CT molecular complexity index is 767. The number of nitrogens with one attached hydrogen (secondary N) is 1. The van der Waals surface area contributed by atoms with Crippen LogP contribution in [0, 0.1) is 11.3 Å². The molecule has 2 aromatic rings. The highest BCUT2D eigenvalue weighted by Gasteiger charge is 2.21. The third-order valence-electron chi connectivity index (χ3n) is 2.63. The Hall–Kier alpha value is -1.95. The maximum Gasteiger partial charge on any atom is 0.242 e. The molecule has 0 saturated heterocycles. The molecule has 0 fully saturated rings. The molecule has 1 heterocycles. The second-order valence-corrected chi connectivity index (χ2v) is 6.49. The van der Waals surface area contributed by atoms with E-state index in [2.05, 4.69) is 14.8 Å². The van der Waals surface area contributed by atoms with Gasteiger partial charge in [0.1, 0.15) is 17.6 Å². The van der Waals surface area contributed by atoms with Crippen molar-refractivity contribution in [3.63, 3.8) is 0 Å². The fraction of sp³-hybridized carbons (Fsp3) is 0.250. The van der Waals surface area contributed by atoms with Crippen LogP contribution in [0.2, 0.25) is 5.02 Å². The first-order chi connectivity index (χ1) is 9.92. The summed E-state index contributed by atoms with van der Waals surface area (Å²) in [5, 5.41) is 12.7. The molecule has 0 spiro atoms. The van der Waals surface area contributed by atoms with Crippen molar-refractivity contribution in [2.45, 2.75) is 24.4 Å². The quantitative estimate of drug-likeness (QED) is 0.889. The summed E-state index contributed by atoms with van der Waals surface area (Å²) in [5.41, 5.74) is 0.301. The van der Waals surface area contributed by atoms with E-state index in [1.807, 2.05) is 6.07 Å². The van der Waals surface area contributed by atoms with Crippen LogP contribution in [-0.2, 0) is 16.6 Å². The van der Waals surface area contributed by atoms with Crippen LogP contribution in [0.25, 0.3) is 0 Å². The standard InChI is InChI=1S/C12H12ClN5O2S/c1-9(6-18-8-15-7-16-18)17-21(19,20)12-3-2-10(5-14)4-11(12)13/h2-4,7-9,17H,6H2,1H3/t9-/m0/s1. The summed E-state index contributed by atoms with van der Waals surface area (Å²) in [4.78, 5) is 3.72. The molecule has 0 unspecified atom stereocenters. The van der Waals surface area contributed by atoms with Crippen molar-refractivity contribution in [1.82, 2.24) is 19.5 Å². The lowest BCUT2D eigenvalue weighted by molar-refractivity contribution is 0.493. The second-order valence-electron chi connectivity index (χ2n) is 4.40. The normalized spacial score (nSPS) is 12.8. The molecule has 9 heteroatoms. The van der Waals surface area contributed by atoms with E-state index in [0.717, 1.165) is 0 Å². The third kappa shape index (κ3) is 3.78. The van der Waals surface area contributed by atoms with Crippen molar-refractivity contribution in [2.24, 2.45) is 0 Å². The third-order valence-corrected chi connectivity index (χ3v) is 4.71. The number of hydrogen-bond donors (Lipinski definition) is 1. The van der Waals surface area contributed by atoms with Crippen LogP contribution >= 0.6 is 11.6 Å². The van der Waals surface area contributed by atoms with Gasteiger partial charge >= 0.3 is 0 Å². The molecule has 1 aromatic heterocycles. The summed E-state index contributed by atoms with van der Waals surface area (Å²) in [6, 6.07) is 5.53. The van der Waals surface area contributed by atoms with E-state index in [9.17, 15) is 8.42 Å². The summed E-state index contributed by atoms with van der Waals surface area (Å²) in [6.45, 7) is 2.05. The molecule has 7 nitrogen and oxygen atoms in total. The number of sulfonamides is 1. The maximum atomic E-state index is 12.3. The van der Waals surface area contributed by atoms with Crippen LogP contribution in [0.1, 0.15) is 12.5 Å². The van der Waals surface area contributed by atoms with Crippen LogP contribution in [0.15, 0.2) is 35.7 Å². The average molecular weight is 326 g/mol. The van der Waals surface area contributed by atoms with Gasteiger partial charge in [0.15, 0.2) is 0 Å². The molecule has 2 rings (SSSR count). The molecule has 0 bridgehead atoms. The number of nitrogens with zero attached hydrogens (tertiary/aromatic N) is 4. The molecule has 0 aliphatic carbocycles. The summed E-state index contributed by atoms with van der Waals surface area (Å²) in [7, 11) is -3.77. The Labute approximate surface area is 127 Å². The minimum absolute atomic E-state index is 0.00880. The lowest BCUT2D eigenvalue weighted by Crippen LogP contribution is -2.35. The Kier molecular flexibility index (Phi) is 4.57. The highest BCUT2D eigenvalue weighted by atomic mass is 35.5. The first-order valence-corrected chi connectivity index (χ1v) is 7.83. The Balaban J connectivity index is 2.16. The molecule has 0 aliphatic heterocycles. The Morgan fingerprint density at radius 1 is 1.52 bits per heavy atom. The van der Waals surface area contributed by atoms with Crippen LogP contribution < -0.4 is 4.72 Å². The van der Waals surface area contributed by atoms with Crippen molar-refractivity contribution in [2.75, 3.05) is 0 Å². The molecule has 0 saturated carbocycles. The van der Waals surface area contributed by atoms with Gasteiger partial charge in [0.05, 0.1) is 23.2 Å². The van der Waals surface area contributed by atoms with E-state index in [-0.39, 0.29) is 9.92 Å². The highest BCUT2D eigenvalue weighted by Crippen LogP contribution is 2.22. The predicted molar refractivity (Wildman–Crippen MR) is 76.0 cm³/mol. The van der Waals surface area contributed by atoms with Crippen molar-refractivity contribution < 1.29 is 8.42 Å². The zero-order valence-electron chi connectivity index (χ0n) is 11.1. The van der Waals surface area contributed by atoms with E-state index in [0.29, 0.717) is 12.1 Å². The lowest BCUT2D eigenvalue weighted by atomic mass is 10.2. The molecule has 0 radical (unpaired) electrons. The van der Waals surface area contributed by atoms with Gasteiger partial charge in [0.2, 0.25) is 10.0 Å². The molecule has 0 aliphatic rings. The number of benzene rings is 1. The SMILES string of the molecule is C[C@@H](Cn1cncn1)NS(=O)(=O)c1ccc(C#N)cc1Cl. The topological polar surface area (TPSA) is 101 Å². The Morgan fingerprint density at radius 3 is 2.86 bits per heavy atom. The fourth-order valence-corrected chi connectivity index (χ4v) is 3.54. The summed E-state index contributed by atoms with van der Waals surface area (Å²) >= 11 is 5.92. The van der Waals surface area contributed by atoms with Crippen molar-refractivity contribution >= 4 is 21.6 Å². The lowest BCUT2D eigenvalue weighted by Gasteiger charge is -2.14. The van der Waals surface area contributed by atoms with Gasteiger partial charge in [-0.25, -0.2) is 18.1 Å². The number of rotatable bonds is 5. The number of nitriles is 1. The maximum absolute atomic E-state index is 12.3. The molecule has 21 heavy (non-hydrogen) atoms. The van der Waals surface area contributed by atoms with E-state index in [1.165, 1.54) is 35.5 Å². The molecule has 1 atom stereocenters. The van der Waals surface area contributed by atoms with E-state index >= 15 is 0 Å². The van der Waals surface area contributed by atoms with E-state index < -0.39 is 16.1 Å². The zero-order chi connectivity index (χ0) is 15.5. The van der Waals surface area contributed by atoms with Crippen LogP contribution in [0.3, 0.4) is 0 Å². The molecule has 110 valence electrons. The minimum atomic E-state index is -3.77. The van der Waals surface area contributed by atoms with Crippen molar-refractivity contribution in [3.8, 4) is 6.07 Å². The van der Waals surface area contributed by atoms with Crippen molar-refractivity contribution in [3.05, 3.63) is 41.4 Å². The number of hydrogen-bond acceptors (Lipinski definition) is 5. The van der Waals surface area contributed by atoms with Crippen LogP contribution in [0.4, 0.5) is 0 Å². The van der Waals surface area contributed by atoms with Crippen LogP contribution in [-0.4, -0.2) is 29.2 Å². The van der Waals surface area contributed by atoms with Gasteiger partial charge in [0.25, 0.3) is 0 Å². The van der Waals surface area contributed by atoms with Crippen molar-refractivity contribution in [1.29, 1.82) is 5.26 Å². The smallest absolute Gasteiger partial charge is 0.242 e. The molecule has 1 aromatic carbocycles. The second kappa shape index (κ2) is 6.22. The zero-order valence-corrected chi connectivity index (χ0v) is 12.6. The predicted octanol–water partition coefficient (Wildman–Crippen LogP) is 1.17. The van der Waals surface area contributed by atoms with Gasteiger partial charge in [-0.2, -0.15) is 10.4 Å². The molecule has 0 amide bonds. The Morgan fingerprint density at radius 2 is 2.29 bits per heavy atom. The average Bonchev–Trinajstić information content (AvgIpc) is 2.90. The number of halogens is 1.